The Morgan fingerprint density at radius 2 is 2.05 bits per heavy atom. The summed E-state index contributed by atoms with van der Waals surface area (Å²) < 4.78 is 16.6. The lowest BCUT2D eigenvalue weighted by atomic mass is 10.2. The minimum absolute atomic E-state index is 0.153. The zero-order valence-electron chi connectivity index (χ0n) is 12.4. The third-order valence-electron chi connectivity index (χ3n) is 3.76. The lowest BCUT2D eigenvalue weighted by molar-refractivity contribution is 0.107. The molecule has 1 aliphatic rings. The first-order chi connectivity index (χ1) is 10.1. The van der Waals surface area contributed by atoms with Crippen LogP contribution in [0.1, 0.15) is 24.8 Å². The minimum Gasteiger partial charge on any atom is -0.381 e. The molecule has 0 spiro atoms. The lowest BCUT2D eigenvalue weighted by Crippen LogP contribution is -2.40. The molecule has 0 heterocycles. The molecule has 0 radical (unpaired) electrons. The zero-order chi connectivity index (χ0) is 15.2. The van der Waals surface area contributed by atoms with Gasteiger partial charge in [0.15, 0.2) is 0 Å². The molecular formula is C15H22N2O3S. The van der Waals surface area contributed by atoms with Crippen LogP contribution in [0.2, 0.25) is 0 Å². The van der Waals surface area contributed by atoms with Gasteiger partial charge in [0, 0.05) is 41.6 Å². The number of hydrogen-bond acceptors (Lipinski definition) is 3. The Morgan fingerprint density at radius 1 is 1.33 bits per heavy atom. The van der Waals surface area contributed by atoms with Gasteiger partial charge in [-0.2, -0.15) is 0 Å². The molecule has 1 aromatic rings. The van der Waals surface area contributed by atoms with E-state index in [4.69, 9.17) is 4.74 Å². The van der Waals surface area contributed by atoms with Crippen LogP contribution in [0.15, 0.2) is 29.2 Å². The molecule has 2 rings (SSSR count). The van der Waals surface area contributed by atoms with Gasteiger partial charge in [0.1, 0.15) is 0 Å². The van der Waals surface area contributed by atoms with Crippen molar-refractivity contribution in [2.45, 2.75) is 42.8 Å². The number of hydrogen-bond donors (Lipinski definition) is 2. The number of ether oxygens (including phenoxy) is 1. The lowest BCUT2D eigenvalue weighted by Gasteiger charge is -2.14. The van der Waals surface area contributed by atoms with Crippen LogP contribution in [0.5, 0.6) is 0 Å². The van der Waals surface area contributed by atoms with E-state index in [0.717, 1.165) is 29.7 Å². The zero-order valence-corrected chi connectivity index (χ0v) is 13.2. The summed E-state index contributed by atoms with van der Waals surface area (Å²) in [4.78, 5) is 12.6. The predicted molar refractivity (Wildman–Crippen MR) is 82.6 cm³/mol. The van der Waals surface area contributed by atoms with Crippen molar-refractivity contribution >= 4 is 16.8 Å². The molecule has 1 saturated carbocycles. The molecule has 1 fully saturated rings. The summed E-state index contributed by atoms with van der Waals surface area (Å²) in [7, 11) is 0.739. The molecule has 5 nitrogen and oxygen atoms in total. The summed E-state index contributed by atoms with van der Waals surface area (Å²) in [5.41, 5.74) is 0.987. The van der Waals surface area contributed by atoms with E-state index in [0.29, 0.717) is 6.54 Å². The number of methoxy groups -OCH3 is 1. The summed E-state index contributed by atoms with van der Waals surface area (Å²) in [6, 6.07) is 7.46. The average Bonchev–Trinajstić information content (AvgIpc) is 2.93. The van der Waals surface area contributed by atoms with E-state index in [1.54, 1.807) is 13.4 Å². The normalized spacial score (nSPS) is 22.8. The van der Waals surface area contributed by atoms with Crippen LogP contribution in [-0.4, -0.2) is 35.8 Å². The largest absolute Gasteiger partial charge is 0.381 e. The maximum absolute atomic E-state index is 11.8. The summed E-state index contributed by atoms with van der Waals surface area (Å²) in [5, 5.41) is 5.81. The molecule has 3 atom stereocenters. The number of nitrogens with one attached hydrogen (secondary N) is 2. The molecule has 0 saturated heterocycles. The molecule has 6 heteroatoms. The summed E-state index contributed by atoms with van der Waals surface area (Å²) in [6.45, 7) is 0.461. The monoisotopic (exact) mass is 310 g/mol. The number of rotatable bonds is 5. The van der Waals surface area contributed by atoms with Crippen molar-refractivity contribution in [3.05, 3.63) is 29.8 Å². The van der Waals surface area contributed by atoms with Crippen LogP contribution < -0.4 is 10.6 Å². The molecular weight excluding hydrogens is 288 g/mol. The van der Waals surface area contributed by atoms with E-state index in [1.165, 1.54) is 0 Å². The van der Waals surface area contributed by atoms with Gasteiger partial charge in [-0.15, -0.1) is 0 Å². The Bertz CT molecular complexity index is 504. The second-order valence-electron chi connectivity index (χ2n) is 5.29. The number of benzene rings is 1. The van der Waals surface area contributed by atoms with Crippen molar-refractivity contribution in [3.8, 4) is 0 Å². The SMILES string of the molecule is CO[C@@H]1CC[C@@H](NC(=O)NCc2ccc([S@](C)=O)cc2)C1. The van der Waals surface area contributed by atoms with Crippen molar-refractivity contribution in [2.75, 3.05) is 13.4 Å². The fourth-order valence-electron chi connectivity index (χ4n) is 2.50. The van der Waals surface area contributed by atoms with Crippen molar-refractivity contribution in [1.29, 1.82) is 0 Å². The molecule has 2 N–H and O–H groups in total. The Kier molecular flexibility index (Phi) is 5.76. The molecule has 1 aliphatic carbocycles. The van der Waals surface area contributed by atoms with Crippen molar-refractivity contribution < 1.29 is 13.7 Å². The van der Waals surface area contributed by atoms with Gasteiger partial charge in [-0.25, -0.2) is 4.79 Å². The number of urea groups is 1. The third-order valence-corrected chi connectivity index (χ3v) is 4.70. The Morgan fingerprint density at radius 3 is 2.62 bits per heavy atom. The Labute approximate surface area is 127 Å². The highest BCUT2D eigenvalue weighted by Gasteiger charge is 2.25. The Balaban J connectivity index is 1.75. The smallest absolute Gasteiger partial charge is 0.315 e. The van der Waals surface area contributed by atoms with E-state index in [-0.39, 0.29) is 18.2 Å². The van der Waals surface area contributed by atoms with Crippen LogP contribution >= 0.6 is 0 Å². The van der Waals surface area contributed by atoms with Crippen molar-refractivity contribution in [3.63, 3.8) is 0 Å². The number of carbonyl (C=O) groups is 1. The van der Waals surface area contributed by atoms with Gasteiger partial charge in [0.2, 0.25) is 0 Å². The first-order valence-electron chi connectivity index (χ1n) is 7.08. The van der Waals surface area contributed by atoms with E-state index >= 15 is 0 Å². The highest BCUT2D eigenvalue weighted by molar-refractivity contribution is 7.84. The van der Waals surface area contributed by atoms with Crippen LogP contribution in [0.4, 0.5) is 4.79 Å². The molecule has 0 aromatic heterocycles. The molecule has 0 unspecified atom stereocenters. The average molecular weight is 310 g/mol. The van der Waals surface area contributed by atoms with E-state index < -0.39 is 10.8 Å². The minimum atomic E-state index is -0.969. The fraction of sp³-hybridized carbons (Fsp3) is 0.533. The first kappa shape index (κ1) is 16.0. The molecule has 21 heavy (non-hydrogen) atoms. The second kappa shape index (κ2) is 7.56. The molecule has 2 amide bonds. The van der Waals surface area contributed by atoms with Crippen LogP contribution in [0, 0.1) is 0 Å². The number of carbonyl (C=O) groups excluding carboxylic acids is 1. The van der Waals surface area contributed by atoms with Gasteiger partial charge in [-0.1, -0.05) is 12.1 Å². The second-order valence-corrected chi connectivity index (χ2v) is 6.67. The van der Waals surface area contributed by atoms with E-state index in [9.17, 15) is 9.00 Å². The molecule has 1 aromatic carbocycles. The number of amides is 2. The highest BCUT2D eigenvalue weighted by atomic mass is 32.2. The van der Waals surface area contributed by atoms with Crippen LogP contribution in [-0.2, 0) is 22.1 Å². The third kappa shape index (κ3) is 4.82. The maximum Gasteiger partial charge on any atom is 0.315 e. The van der Waals surface area contributed by atoms with Crippen molar-refractivity contribution in [2.24, 2.45) is 0 Å². The first-order valence-corrected chi connectivity index (χ1v) is 8.64. The topological polar surface area (TPSA) is 67.4 Å². The van der Waals surface area contributed by atoms with Crippen LogP contribution in [0.25, 0.3) is 0 Å². The van der Waals surface area contributed by atoms with E-state index in [2.05, 4.69) is 10.6 Å². The van der Waals surface area contributed by atoms with Gasteiger partial charge in [0.25, 0.3) is 0 Å². The predicted octanol–water partition coefficient (Wildman–Crippen LogP) is 1.79. The summed E-state index contributed by atoms with van der Waals surface area (Å²) in [5.74, 6) is 0. The summed E-state index contributed by atoms with van der Waals surface area (Å²) in [6.07, 6.45) is 4.74. The molecule has 0 aliphatic heterocycles. The Hall–Kier alpha value is -1.40. The van der Waals surface area contributed by atoms with Gasteiger partial charge in [-0.3, -0.25) is 4.21 Å². The van der Waals surface area contributed by atoms with Gasteiger partial charge in [0.05, 0.1) is 6.10 Å². The molecule has 116 valence electrons. The van der Waals surface area contributed by atoms with Crippen molar-refractivity contribution in [1.82, 2.24) is 10.6 Å². The van der Waals surface area contributed by atoms with E-state index in [1.807, 2.05) is 24.3 Å². The maximum atomic E-state index is 11.8. The standard InChI is InChI=1S/C15H22N2O3S/c1-20-13-6-5-12(9-13)17-15(18)16-10-11-3-7-14(8-4-11)21(2)19/h3-4,7-8,12-13H,5-6,9-10H2,1-2H3,(H2,16,17,18)/t12-,13-,21+/m1/s1. The highest BCUT2D eigenvalue weighted by Crippen LogP contribution is 2.21. The molecule has 0 bridgehead atoms. The quantitative estimate of drug-likeness (QED) is 0.871. The van der Waals surface area contributed by atoms with Crippen LogP contribution in [0.3, 0.4) is 0 Å². The van der Waals surface area contributed by atoms with Gasteiger partial charge in [-0.05, 0) is 37.0 Å². The van der Waals surface area contributed by atoms with Gasteiger partial charge < -0.3 is 15.4 Å². The van der Waals surface area contributed by atoms with Gasteiger partial charge >= 0.3 is 6.03 Å². The summed E-state index contributed by atoms with van der Waals surface area (Å²) >= 11 is 0. The fourth-order valence-corrected chi connectivity index (χ4v) is 3.02.